The first-order valence-corrected chi connectivity index (χ1v) is 4.07. The van der Waals surface area contributed by atoms with E-state index >= 15 is 0 Å². The summed E-state index contributed by atoms with van der Waals surface area (Å²) in [6, 6.07) is 0. The Balaban J connectivity index is 1.90. The van der Waals surface area contributed by atoms with Gasteiger partial charge < -0.3 is 4.74 Å². The molecule has 2 spiro atoms. The van der Waals surface area contributed by atoms with Crippen molar-refractivity contribution in [1.82, 2.24) is 0 Å². The van der Waals surface area contributed by atoms with Gasteiger partial charge in [0.1, 0.15) is 0 Å². The molecule has 2 aliphatic carbocycles. The summed E-state index contributed by atoms with van der Waals surface area (Å²) in [5.74, 6) is 0. The van der Waals surface area contributed by atoms with E-state index in [0.717, 1.165) is 0 Å². The van der Waals surface area contributed by atoms with Crippen molar-refractivity contribution < 1.29 is 4.74 Å². The Bertz CT molecular complexity index is 146. The van der Waals surface area contributed by atoms with Gasteiger partial charge in [0.15, 0.2) is 0 Å². The van der Waals surface area contributed by atoms with Crippen LogP contribution in [0.2, 0.25) is 0 Å². The van der Waals surface area contributed by atoms with Crippen molar-refractivity contribution in [2.24, 2.45) is 0 Å². The lowest BCUT2D eigenvalue weighted by Crippen LogP contribution is -2.08. The predicted octanol–water partition coefficient (Wildman–Crippen LogP) is 1.86. The third-order valence-corrected chi connectivity index (χ3v) is 3.29. The van der Waals surface area contributed by atoms with Crippen LogP contribution in [0.3, 0.4) is 0 Å². The number of fused-ring (bicyclic) bond motifs is 1. The molecule has 0 radical (unpaired) electrons. The molecule has 0 aromatic carbocycles. The van der Waals surface area contributed by atoms with Gasteiger partial charge in [0.05, 0.1) is 11.2 Å². The van der Waals surface area contributed by atoms with Crippen LogP contribution < -0.4 is 0 Å². The van der Waals surface area contributed by atoms with E-state index in [4.69, 9.17) is 4.74 Å². The van der Waals surface area contributed by atoms with Crippen LogP contribution in [-0.2, 0) is 4.74 Å². The summed E-state index contributed by atoms with van der Waals surface area (Å²) in [7, 11) is 0. The maximum atomic E-state index is 5.76. The Morgan fingerprint density at radius 1 is 0.778 bits per heavy atom. The first-order valence-electron chi connectivity index (χ1n) is 4.07. The number of hydrogen-bond acceptors (Lipinski definition) is 1. The molecule has 1 heteroatoms. The molecule has 1 aliphatic heterocycles. The second kappa shape index (κ2) is 1.07. The highest BCUT2D eigenvalue weighted by Crippen LogP contribution is 2.70. The maximum absolute atomic E-state index is 5.76. The number of ether oxygens (including phenoxy) is 1. The fraction of sp³-hybridized carbons (Fsp3) is 1.00. The normalized spacial score (nSPS) is 40.0. The van der Waals surface area contributed by atoms with Crippen LogP contribution in [0.25, 0.3) is 0 Å². The molecule has 0 amide bonds. The standard InChI is InChI=1S/C8H12O/c1-2-4-7(3-1)8(9-7)5-6-8/h1-6H2. The maximum Gasteiger partial charge on any atom is 0.0982 e. The van der Waals surface area contributed by atoms with E-state index in [1.165, 1.54) is 38.5 Å². The molecule has 1 nitrogen and oxygen atoms in total. The zero-order valence-corrected chi connectivity index (χ0v) is 5.65. The molecule has 0 bridgehead atoms. The van der Waals surface area contributed by atoms with Gasteiger partial charge in [-0.05, 0) is 25.7 Å². The van der Waals surface area contributed by atoms with Gasteiger partial charge in [-0.1, -0.05) is 12.8 Å². The van der Waals surface area contributed by atoms with E-state index in [0.29, 0.717) is 11.2 Å². The van der Waals surface area contributed by atoms with Gasteiger partial charge in [-0.25, -0.2) is 0 Å². The molecular weight excluding hydrogens is 112 g/mol. The summed E-state index contributed by atoms with van der Waals surface area (Å²) in [6.07, 6.45) is 8.31. The van der Waals surface area contributed by atoms with E-state index < -0.39 is 0 Å². The Hall–Kier alpha value is -0.0400. The Kier molecular flexibility index (Phi) is 0.563. The van der Waals surface area contributed by atoms with Crippen LogP contribution in [-0.4, -0.2) is 11.2 Å². The van der Waals surface area contributed by atoms with Gasteiger partial charge in [-0.15, -0.1) is 0 Å². The summed E-state index contributed by atoms with van der Waals surface area (Å²) < 4.78 is 5.76. The minimum Gasteiger partial charge on any atom is -0.363 e. The van der Waals surface area contributed by atoms with Crippen molar-refractivity contribution in [1.29, 1.82) is 0 Å². The lowest BCUT2D eigenvalue weighted by molar-refractivity contribution is 0.293. The van der Waals surface area contributed by atoms with E-state index in [2.05, 4.69) is 0 Å². The van der Waals surface area contributed by atoms with E-state index in [1.807, 2.05) is 0 Å². The van der Waals surface area contributed by atoms with Crippen LogP contribution >= 0.6 is 0 Å². The van der Waals surface area contributed by atoms with Crippen molar-refractivity contribution in [3.8, 4) is 0 Å². The fourth-order valence-electron chi connectivity index (χ4n) is 2.52. The third kappa shape index (κ3) is 0.389. The average molecular weight is 124 g/mol. The molecule has 0 N–H and O–H groups in total. The highest BCUT2D eigenvalue weighted by molar-refractivity contribution is 5.25. The third-order valence-electron chi connectivity index (χ3n) is 3.29. The second-order valence-corrected chi connectivity index (χ2v) is 3.80. The van der Waals surface area contributed by atoms with Crippen LogP contribution in [0.4, 0.5) is 0 Å². The molecule has 0 unspecified atom stereocenters. The molecule has 2 saturated carbocycles. The summed E-state index contributed by atoms with van der Waals surface area (Å²) in [6.45, 7) is 0. The quantitative estimate of drug-likeness (QED) is 0.449. The highest BCUT2D eigenvalue weighted by Gasteiger charge is 2.76. The summed E-state index contributed by atoms with van der Waals surface area (Å²) >= 11 is 0. The van der Waals surface area contributed by atoms with Gasteiger partial charge in [0.25, 0.3) is 0 Å². The van der Waals surface area contributed by atoms with E-state index in [1.54, 1.807) is 0 Å². The first-order chi connectivity index (χ1) is 4.37. The highest BCUT2D eigenvalue weighted by atomic mass is 16.6. The molecule has 3 rings (SSSR count). The minimum absolute atomic E-state index is 0.451. The van der Waals surface area contributed by atoms with Crippen LogP contribution in [0.1, 0.15) is 38.5 Å². The zero-order chi connectivity index (χ0) is 5.95. The smallest absolute Gasteiger partial charge is 0.0982 e. The largest absolute Gasteiger partial charge is 0.363 e. The summed E-state index contributed by atoms with van der Waals surface area (Å²) in [5.41, 5.74) is 0.927. The van der Waals surface area contributed by atoms with Gasteiger partial charge in [-0.2, -0.15) is 0 Å². The van der Waals surface area contributed by atoms with Crippen molar-refractivity contribution in [2.45, 2.75) is 49.7 Å². The van der Waals surface area contributed by atoms with Gasteiger partial charge in [-0.3, -0.25) is 0 Å². The number of hydrogen-bond donors (Lipinski definition) is 0. The van der Waals surface area contributed by atoms with Gasteiger partial charge in [0.2, 0.25) is 0 Å². The molecule has 0 aromatic rings. The molecule has 0 atom stereocenters. The molecule has 3 fully saturated rings. The van der Waals surface area contributed by atoms with Crippen molar-refractivity contribution in [3.05, 3.63) is 0 Å². The molecule has 9 heavy (non-hydrogen) atoms. The number of rotatable bonds is 0. The predicted molar refractivity (Wildman–Crippen MR) is 34.2 cm³/mol. The Morgan fingerprint density at radius 2 is 1.33 bits per heavy atom. The average Bonchev–Trinajstić information content (AvgIpc) is 2.65. The van der Waals surface area contributed by atoms with Gasteiger partial charge in [0, 0.05) is 0 Å². The van der Waals surface area contributed by atoms with Gasteiger partial charge >= 0.3 is 0 Å². The van der Waals surface area contributed by atoms with Crippen LogP contribution in [0.5, 0.6) is 0 Å². The van der Waals surface area contributed by atoms with Crippen molar-refractivity contribution in [3.63, 3.8) is 0 Å². The fourth-order valence-corrected chi connectivity index (χ4v) is 2.52. The van der Waals surface area contributed by atoms with Crippen molar-refractivity contribution >= 4 is 0 Å². The summed E-state index contributed by atoms with van der Waals surface area (Å²) in [5, 5.41) is 0. The zero-order valence-electron chi connectivity index (χ0n) is 5.65. The Labute approximate surface area is 55.4 Å². The molecular formula is C8H12O. The number of epoxide rings is 1. The Morgan fingerprint density at radius 3 is 1.78 bits per heavy atom. The molecule has 0 aromatic heterocycles. The minimum atomic E-state index is 0.451. The van der Waals surface area contributed by atoms with Crippen LogP contribution in [0, 0.1) is 0 Å². The first kappa shape index (κ1) is 4.73. The molecule has 1 saturated heterocycles. The monoisotopic (exact) mass is 124 g/mol. The lowest BCUT2D eigenvalue weighted by atomic mass is 10.0. The SMILES string of the molecule is C1CCC2(C1)OC21CC1. The molecule has 1 heterocycles. The van der Waals surface area contributed by atoms with E-state index in [-0.39, 0.29) is 0 Å². The topological polar surface area (TPSA) is 12.5 Å². The summed E-state index contributed by atoms with van der Waals surface area (Å²) in [4.78, 5) is 0. The lowest BCUT2D eigenvalue weighted by Gasteiger charge is -1.96. The van der Waals surface area contributed by atoms with Crippen LogP contribution in [0.15, 0.2) is 0 Å². The second-order valence-electron chi connectivity index (χ2n) is 3.80. The molecule has 3 aliphatic rings. The van der Waals surface area contributed by atoms with Crippen molar-refractivity contribution in [2.75, 3.05) is 0 Å². The molecule has 50 valence electrons. The van der Waals surface area contributed by atoms with E-state index in [9.17, 15) is 0 Å².